The molecule has 0 saturated carbocycles. The normalized spacial score (nSPS) is 11.6. The zero-order valence-corrected chi connectivity index (χ0v) is 12.3. The van der Waals surface area contributed by atoms with Gasteiger partial charge in [0.05, 0.1) is 18.3 Å². The van der Waals surface area contributed by atoms with Gasteiger partial charge in [0.25, 0.3) is 0 Å². The standard InChI is InChI=1S/C15H14N6O2/c1-10-2-4-11(5-3-10)8-21-9-12(7-16-21)13(22)6-14(23)15-17-19-20-18-15/h2-7,9,23H,8H2,1H3,(H,17,18,19,20). The van der Waals surface area contributed by atoms with Crippen LogP contribution in [0.15, 0.2) is 42.7 Å². The Kier molecular flexibility index (Phi) is 3.96. The Bertz CT molecular complexity index is 833. The van der Waals surface area contributed by atoms with Crippen molar-refractivity contribution in [1.29, 1.82) is 0 Å². The van der Waals surface area contributed by atoms with Gasteiger partial charge in [0.15, 0.2) is 11.5 Å². The molecule has 23 heavy (non-hydrogen) atoms. The minimum atomic E-state index is -0.387. The molecule has 0 fully saturated rings. The third-order valence-electron chi connectivity index (χ3n) is 3.23. The number of nitrogens with zero attached hydrogens (tertiary/aromatic N) is 5. The number of ketones is 1. The first kappa shape index (κ1) is 14.6. The van der Waals surface area contributed by atoms with Gasteiger partial charge in [-0.2, -0.15) is 10.3 Å². The number of tetrazole rings is 1. The molecule has 8 nitrogen and oxygen atoms in total. The van der Waals surface area contributed by atoms with E-state index >= 15 is 0 Å². The molecule has 8 heteroatoms. The maximum absolute atomic E-state index is 12.1. The highest BCUT2D eigenvalue weighted by Crippen LogP contribution is 2.09. The van der Waals surface area contributed by atoms with Crippen LogP contribution in [0, 0.1) is 6.92 Å². The highest BCUT2D eigenvalue weighted by molar-refractivity contribution is 6.07. The zero-order chi connectivity index (χ0) is 16.2. The number of aromatic nitrogens is 6. The number of hydrogen-bond acceptors (Lipinski definition) is 6. The summed E-state index contributed by atoms with van der Waals surface area (Å²) in [6.45, 7) is 2.59. The number of aliphatic hydroxyl groups excluding tert-OH is 1. The van der Waals surface area contributed by atoms with E-state index in [1.165, 1.54) is 11.8 Å². The molecule has 1 aromatic carbocycles. The Morgan fingerprint density at radius 2 is 2.13 bits per heavy atom. The zero-order valence-electron chi connectivity index (χ0n) is 12.3. The largest absolute Gasteiger partial charge is 0.504 e. The molecule has 0 radical (unpaired) electrons. The summed E-state index contributed by atoms with van der Waals surface area (Å²) in [7, 11) is 0. The van der Waals surface area contributed by atoms with Crippen LogP contribution in [0.25, 0.3) is 5.76 Å². The molecule has 3 rings (SSSR count). The number of allylic oxidation sites excluding steroid dienone is 1. The quantitative estimate of drug-likeness (QED) is 0.420. The van der Waals surface area contributed by atoms with Crippen molar-refractivity contribution in [3.63, 3.8) is 0 Å². The van der Waals surface area contributed by atoms with Crippen molar-refractivity contribution in [2.45, 2.75) is 13.5 Å². The number of aryl methyl sites for hydroxylation is 1. The van der Waals surface area contributed by atoms with Crippen molar-refractivity contribution >= 4 is 11.5 Å². The number of aromatic amines is 1. The van der Waals surface area contributed by atoms with Gasteiger partial charge in [-0.3, -0.25) is 9.48 Å². The number of carbonyl (C=O) groups is 1. The van der Waals surface area contributed by atoms with Crippen LogP contribution in [0.5, 0.6) is 0 Å². The van der Waals surface area contributed by atoms with Gasteiger partial charge in [0, 0.05) is 12.3 Å². The van der Waals surface area contributed by atoms with Gasteiger partial charge in [-0.1, -0.05) is 29.8 Å². The number of nitrogens with one attached hydrogen (secondary N) is 1. The van der Waals surface area contributed by atoms with Crippen LogP contribution in [-0.4, -0.2) is 41.3 Å². The fourth-order valence-corrected chi connectivity index (χ4v) is 2.00. The van der Waals surface area contributed by atoms with E-state index in [0.29, 0.717) is 12.1 Å². The fraction of sp³-hybridized carbons (Fsp3) is 0.133. The summed E-state index contributed by atoms with van der Waals surface area (Å²) in [5.74, 6) is -0.775. The molecule has 0 unspecified atom stereocenters. The number of aliphatic hydroxyl groups is 1. The van der Waals surface area contributed by atoms with Crippen LogP contribution in [-0.2, 0) is 6.54 Å². The van der Waals surface area contributed by atoms with Gasteiger partial charge in [0.2, 0.25) is 5.82 Å². The molecule has 0 amide bonds. The second-order valence-electron chi connectivity index (χ2n) is 5.04. The molecule has 116 valence electrons. The number of benzene rings is 1. The van der Waals surface area contributed by atoms with Crippen molar-refractivity contribution in [1.82, 2.24) is 30.4 Å². The summed E-state index contributed by atoms with van der Waals surface area (Å²) < 4.78 is 1.66. The number of H-pyrrole nitrogens is 1. The average Bonchev–Trinajstić information content (AvgIpc) is 3.21. The molecule has 0 bridgehead atoms. The van der Waals surface area contributed by atoms with Crippen LogP contribution >= 0.6 is 0 Å². The van der Waals surface area contributed by atoms with E-state index in [9.17, 15) is 9.90 Å². The third-order valence-corrected chi connectivity index (χ3v) is 3.23. The lowest BCUT2D eigenvalue weighted by Crippen LogP contribution is -2.00. The van der Waals surface area contributed by atoms with Gasteiger partial charge in [-0.05, 0) is 17.7 Å². The Morgan fingerprint density at radius 3 is 2.83 bits per heavy atom. The van der Waals surface area contributed by atoms with Gasteiger partial charge >= 0.3 is 0 Å². The first-order valence-corrected chi connectivity index (χ1v) is 6.88. The lowest BCUT2D eigenvalue weighted by atomic mass is 10.1. The first-order valence-electron chi connectivity index (χ1n) is 6.88. The average molecular weight is 310 g/mol. The summed E-state index contributed by atoms with van der Waals surface area (Å²) in [6, 6.07) is 8.08. The highest BCUT2D eigenvalue weighted by Gasteiger charge is 2.11. The Balaban J connectivity index is 1.72. The molecule has 0 aliphatic carbocycles. The number of hydrogen-bond donors (Lipinski definition) is 2. The minimum Gasteiger partial charge on any atom is -0.504 e. The molecule has 2 heterocycles. The van der Waals surface area contributed by atoms with E-state index in [-0.39, 0.29) is 17.4 Å². The van der Waals surface area contributed by atoms with Crippen molar-refractivity contribution in [2.24, 2.45) is 0 Å². The van der Waals surface area contributed by atoms with E-state index < -0.39 is 0 Å². The number of carbonyl (C=O) groups excluding carboxylic acids is 1. The monoisotopic (exact) mass is 310 g/mol. The second-order valence-corrected chi connectivity index (χ2v) is 5.04. The van der Waals surface area contributed by atoms with E-state index in [1.54, 1.807) is 10.9 Å². The molecular formula is C15H14N6O2. The minimum absolute atomic E-state index is 0.0367. The Labute approximate surface area is 131 Å². The first-order chi connectivity index (χ1) is 11.1. The number of rotatable bonds is 5. The van der Waals surface area contributed by atoms with Crippen LogP contribution < -0.4 is 0 Å². The smallest absolute Gasteiger partial charge is 0.239 e. The summed E-state index contributed by atoms with van der Waals surface area (Å²) >= 11 is 0. The summed E-state index contributed by atoms with van der Waals surface area (Å²) in [5.41, 5.74) is 2.64. The summed E-state index contributed by atoms with van der Waals surface area (Å²) in [4.78, 5) is 12.1. The van der Waals surface area contributed by atoms with Crippen LogP contribution in [0.3, 0.4) is 0 Å². The van der Waals surface area contributed by atoms with Crippen molar-refractivity contribution in [3.05, 3.63) is 65.2 Å². The van der Waals surface area contributed by atoms with Crippen LogP contribution in [0.4, 0.5) is 0 Å². The predicted octanol–water partition coefficient (Wildman–Crippen LogP) is 1.53. The van der Waals surface area contributed by atoms with Gasteiger partial charge < -0.3 is 5.11 Å². The Morgan fingerprint density at radius 1 is 1.35 bits per heavy atom. The second kappa shape index (κ2) is 6.22. The molecule has 0 atom stereocenters. The van der Waals surface area contributed by atoms with Crippen molar-refractivity contribution < 1.29 is 9.90 Å². The van der Waals surface area contributed by atoms with Crippen molar-refractivity contribution in [2.75, 3.05) is 0 Å². The molecule has 0 spiro atoms. The van der Waals surface area contributed by atoms with E-state index in [2.05, 4.69) is 25.7 Å². The molecule has 0 aliphatic heterocycles. The van der Waals surface area contributed by atoms with Gasteiger partial charge in [0.1, 0.15) is 0 Å². The van der Waals surface area contributed by atoms with Crippen LogP contribution in [0.1, 0.15) is 27.3 Å². The maximum atomic E-state index is 12.1. The molecule has 2 N–H and O–H groups in total. The maximum Gasteiger partial charge on any atom is 0.239 e. The van der Waals surface area contributed by atoms with Gasteiger partial charge in [-0.15, -0.1) is 10.2 Å². The molecule has 0 saturated heterocycles. The predicted molar refractivity (Wildman–Crippen MR) is 81.6 cm³/mol. The Hall–Kier alpha value is -3.29. The third kappa shape index (κ3) is 3.49. The van der Waals surface area contributed by atoms with Crippen molar-refractivity contribution in [3.8, 4) is 0 Å². The summed E-state index contributed by atoms with van der Waals surface area (Å²) in [5, 5.41) is 26.6. The van der Waals surface area contributed by atoms with Crippen LogP contribution in [0.2, 0.25) is 0 Å². The van der Waals surface area contributed by atoms with Gasteiger partial charge in [-0.25, -0.2) is 0 Å². The molecule has 2 aromatic heterocycles. The summed E-state index contributed by atoms with van der Waals surface area (Å²) in [6.07, 6.45) is 4.12. The SMILES string of the molecule is Cc1ccc(Cn2cc(C(=O)C=C(O)c3nn[nH]n3)cn2)cc1. The fourth-order valence-electron chi connectivity index (χ4n) is 2.00. The highest BCUT2D eigenvalue weighted by atomic mass is 16.3. The van der Waals surface area contributed by atoms with E-state index in [4.69, 9.17) is 0 Å². The topological polar surface area (TPSA) is 110 Å². The lowest BCUT2D eigenvalue weighted by Gasteiger charge is -2.02. The van der Waals surface area contributed by atoms with E-state index in [0.717, 1.165) is 11.6 Å². The molecule has 3 aromatic rings. The van der Waals surface area contributed by atoms with E-state index in [1.807, 2.05) is 31.2 Å². The molecule has 0 aliphatic rings. The molecular weight excluding hydrogens is 296 g/mol. The lowest BCUT2D eigenvalue weighted by molar-refractivity contribution is 0.104.